The van der Waals surface area contributed by atoms with Gasteiger partial charge in [0.1, 0.15) is 33.7 Å². The first-order chi connectivity index (χ1) is 16.7. The number of halogens is 2. The molecule has 0 saturated carbocycles. The van der Waals surface area contributed by atoms with E-state index in [2.05, 4.69) is 33.0 Å². The molecule has 0 aliphatic carbocycles. The summed E-state index contributed by atoms with van der Waals surface area (Å²) < 4.78 is 32.5. The maximum Gasteiger partial charge on any atom is 0.160 e. The summed E-state index contributed by atoms with van der Waals surface area (Å²) in [6.07, 6.45) is 0.757. The summed E-state index contributed by atoms with van der Waals surface area (Å²) in [5, 5.41) is 1.03. The van der Waals surface area contributed by atoms with Crippen LogP contribution >= 0.6 is 27.3 Å². The van der Waals surface area contributed by atoms with Gasteiger partial charge < -0.3 is 14.2 Å². The van der Waals surface area contributed by atoms with E-state index < -0.39 is 0 Å². The highest BCUT2D eigenvalue weighted by Crippen LogP contribution is 2.45. The molecule has 0 spiro atoms. The van der Waals surface area contributed by atoms with E-state index in [0.717, 1.165) is 62.1 Å². The molecule has 0 radical (unpaired) electrons. The molecule has 1 aromatic heterocycles. The van der Waals surface area contributed by atoms with Crippen molar-refractivity contribution in [3.05, 3.63) is 82.1 Å². The van der Waals surface area contributed by atoms with Gasteiger partial charge in [0.2, 0.25) is 0 Å². The van der Waals surface area contributed by atoms with Gasteiger partial charge in [-0.2, -0.15) is 0 Å². The normalized spacial score (nSPS) is 14.2. The third kappa shape index (κ3) is 5.54. The van der Waals surface area contributed by atoms with Crippen LogP contribution in [0.15, 0.2) is 76.6 Å². The molecule has 5 rings (SSSR count). The molecule has 1 saturated heterocycles. The van der Waals surface area contributed by atoms with Crippen LogP contribution in [0.3, 0.4) is 0 Å². The second-order valence-corrected chi connectivity index (χ2v) is 10.6. The molecular weight excluding hydrogens is 517 g/mol. The van der Waals surface area contributed by atoms with E-state index >= 15 is 0 Å². The van der Waals surface area contributed by atoms with E-state index in [9.17, 15) is 4.39 Å². The van der Waals surface area contributed by atoms with Crippen LogP contribution < -0.4 is 14.2 Å². The number of hydrogen-bond acceptors (Lipinski definition) is 5. The molecule has 4 aromatic rings. The fourth-order valence-corrected chi connectivity index (χ4v) is 5.61. The number of hydrogen-bond donors (Lipinski definition) is 0. The summed E-state index contributed by atoms with van der Waals surface area (Å²) in [5.41, 5.74) is 1.14. The van der Waals surface area contributed by atoms with Gasteiger partial charge in [-0.15, -0.1) is 11.3 Å². The molecule has 0 unspecified atom stereocenters. The monoisotopic (exact) mass is 541 g/mol. The summed E-state index contributed by atoms with van der Waals surface area (Å²) >= 11 is 5.28. The lowest BCUT2D eigenvalue weighted by Gasteiger charge is -2.38. The van der Waals surface area contributed by atoms with Gasteiger partial charge in [0, 0.05) is 29.7 Å². The van der Waals surface area contributed by atoms with Crippen molar-refractivity contribution in [3.63, 3.8) is 0 Å². The molecule has 7 heteroatoms. The molecule has 34 heavy (non-hydrogen) atoms. The van der Waals surface area contributed by atoms with Crippen LogP contribution in [-0.4, -0.2) is 37.3 Å². The number of likely N-dealkylation sites (tertiary alicyclic amines) is 1. The first kappa shape index (κ1) is 23.1. The SMILES string of the molecule is FCCCN1CC(Oc2ccc(Oc3c(Br)sc4cc(OCc5ccccc5)ccc34)cc2)C1. The van der Waals surface area contributed by atoms with Crippen molar-refractivity contribution in [3.8, 4) is 23.0 Å². The zero-order chi connectivity index (χ0) is 23.3. The Morgan fingerprint density at radius 2 is 1.68 bits per heavy atom. The summed E-state index contributed by atoms with van der Waals surface area (Å²) in [6, 6.07) is 23.9. The van der Waals surface area contributed by atoms with Crippen LogP contribution in [0.4, 0.5) is 4.39 Å². The van der Waals surface area contributed by atoms with Gasteiger partial charge >= 0.3 is 0 Å². The first-order valence-electron chi connectivity index (χ1n) is 11.3. The predicted octanol–water partition coefficient (Wildman–Crippen LogP) is 7.46. The van der Waals surface area contributed by atoms with Crippen molar-refractivity contribution >= 4 is 37.4 Å². The quantitative estimate of drug-likeness (QED) is 0.208. The highest BCUT2D eigenvalue weighted by molar-refractivity contribution is 9.11. The molecule has 1 aliphatic rings. The zero-order valence-corrected chi connectivity index (χ0v) is 21.0. The van der Waals surface area contributed by atoms with Crippen molar-refractivity contribution < 1.29 is 18.6 Å². The van der Waals surface area contributed by atoms with Gasteiger partial charge in [0.25, 0.3) is 0 Å². The smallest absolute Gasteiger partial charge is 0.160 e. The molecule has 2 heterocycles. The van der Waals surface area contributed by atoms with Gasteiger partial charge in [0.15, 0.2) is 5.75 Å². The Labute approximate surface area is 211 Å². The van der Waals surface area contributed by atoms with Gasteiger partial charge in [0.05, 0.1) is 6.67 Å². The van der Waals surface area contributed by atoms with E-state index in [0.29, 0.717) is 13.0 Å². The number of nitrogens with zero attached hydrogens (tertiary/aromatic N) is 1. The summed E-state index contributed by atoms with van der Waals surface area (Å²) in [6.45, 7) is 2.77. The third-order valence-corrected chi connectivity index (χ3v) is 7.47. The van der Waals surface area contributed by atoms with E-state index in [-0.39, 0.29) is 12.8 Å². The van der Waals surface area contributed by atoms with E-state index in [1.807, 2.05) is 60.7 Å². The average Bonchev–Trinajstić information content (AvgIpc) is 3.15. The molecule has 0 N–H and O–H groups in total. The second-order valence-electron chi connectivity index (χ2n) is 8.25. The summed E-state index contributed by atoms with van der Waals surface area (Å²) in [4.78, 5) is 2.21. The van der Waals surface area contributed by atoms with Crippen LogP contribution in [0.25, 0.3) is 10.1 Å². The molecule has 176 valence electrons. The summed E-state index contributed by atoms with van der Waals surface area (Å²) in [5.74, 6) is 3.19. The van der Waals surface area contributed by atoms with Crippen LogP contribution in [0.1, 0.15) is 12.0 Å². The Balaban J connectivity index is 1.20. The minimum Gasteiger partial charge on any atom is -0.489 e. The lowest BCUT2D eigenvalue weighted by atomic mass is 10.1. The second kappa shape index (κ2) is 10.8. The van der Waals surface area contributed by atoms with E-state index in [1.165, 1.54) is 0 Å². The van der Waals surface area contributed by atoms with Crippen LogP contribution in [0.5, 0.6) is 23.0 Å². The molecule has 0 bridgehead atoms. The Kier molecular flexibility index (Phi) is 7.33. The fraction of sp³-hybridized carbons (Fsp3) is 0.259. The van der Waals surface area contributed by atoms with Crippen molar-refractivity contribution in [2.45, 2.75) is 19.1 Å². The Bertz CT molecular complexity index is 1230. The maximum atomic E-state index is 12.3. The zero-order valence-electron chi connectivity index (χ0n) is 18.6. The third-order valence-electron chi connectivity index (χ3n) is 5.70. The molecular formula is C27H25BrFNO3S. The predicted molar refractivity (Wildman–Crippen MR) is 138 cm³/mol. The number of fused-ring (bicyclic) bond motifs is 1. The van der Waals surface area contributed by atoms with Gasteiger partial charge in [-0.05, 0) is 70.4 Å². The van der Waals surface area contributed by atoms with Crippen molar-refractivity contribution in [1.29, 1.82) is 0 Å². The highest BCUT2D eigenvalue weighted by Gasteiger charge is 2.27. The van der Waals surface area contributed by atoms with Crippen molar-refractivity contribution in [1.82, 2.24) is 4.90 Å². The fourth-order valence-electron chi connectivity index (χ4n) is 3.91. The average molecular weight is 542 g/mol. The first-order valence-corrected chi connectivity index (χ1v) is 12.9. The maximum absolute atomic E-state index is 12.3. The largest absolute Gasteiger partial charge is 0.489 e. The number of benzene rings is 3. The molecule has 3 aromatic carbocycles. The molecule has 4 nitrogen and oxygen atoms in total. The number of thiophene rings is 1. The van der Waals surface area contributed by atoms with Crippen LogP contribution in [-0.2, 0) is 6.61 Å². The van der Waals surface area contributed by atoms with Crippen molar-refractivity contribution in [2.24, 2.45) is 0 Å². The molecule has 0 amide bonds. The Morgan fingerprint density at radius 3 is 2.44 bits per heavy atom. The summed E-state index contributed by atoms with van der Waals surface area (Å²) in [7, 11) is 0. The van der Waals surface area contributed by atoms with Gasteiger partial charge in [-0.3, -0.25) is 9.29 Å². The molecule has 1 fully saturated rings. The van der Waals surface area contributed by atoms with Crippen LogP contribution in [0.2, 0.25) is 0 Å². The van der Waals surface area contributed by atoms with Crippen molar-refractivity contribution in [2.75, 3.05) is 26.3 Å². The minimum atomic E-state index is -0.262. The van der Waals surface area contributed by atoms with Gasteiger partial charge in [-0.25, -0.2) is 0 Å². The van der Waals surface area contributed by atoms with Gasteiger partial charge in [-0.1, -0.05) is 30.3 Å². The van der Waals surface area contributed by atoms with E-state index in [4.69, 9.17) is 14.2 Å². The standard InChI is InChI=1S/C27H25BrFNO3S/c28-27-26(24-12-11-22(15-25(24)34-27)31-18-19-5-2-1-3-6-19)33-21-9-7-20(8-10-21)32-23-16-30(17-23)14-4-13-29/h1-3,5-12,15,23H,4,13-14,16-18H2. The molecule has 1 aliphatic heterocycles. The molecule has 0 atom stereocenters. The van der Waals surface area contributed by atoms with Crippen LogP contribution in [0, 0.1) is 0 Å². The Hall–Kier alpha value is -2.61. The lowest BCUT2D eigenvalue weighted by Crippen LogP contribution is -2.53. The highest BCUT2D eigenvalue weighted by atomic mass is 79.9. The number of alkyl halides is 1. The topological polar surface area (TPSA) is 30.9 Å². The number of rotatable bonds is 10. The lowest BCUT2D eigenvalue weighted by molar-refractivity contribution is 0.0184. The van der Waals surface area contributed by atoms with E-state index in [1.54, 1.807) is 11.3 Å². The minimum absolute atomic E-state index is 0.166. The Morgan fingerprint density at radius 1 is 0.941 bits per heavy atom. The number of ether oxygens (including phenoxy) is 3.